The van der Waals surface area contributed by atoms with E-state index in [9.17, 15) is 14.7 Å². The lowest BCUT2D eigenvalue weighted by molar-refractivity contribution is -0.142. The first kappa shape index (κ1) is 29.3. The molecule has 9 heteroatoms. The number of aryl methyl sites for hydroxylation is 1. The smallest absolute Gasteiger partial charge is 0.326 e. The zero-order valence-corrected chi connectivity index (χ0v) is 24.7. The number of nitrogens with zero attached hydrogens (tertiary/aromatic N) is 3. The number of carbonyl (C=O) groups is 2. The average Bonchev–Trinajstić information content (AvgIpc) is 3.45. The Hall–Kier alpha value is -4.79. The topological polar surface area (TPSA) is 107 Å². The van der Waals surface area contributed by atoms with Gasteiger partial charge in [0.2, 0.25) is 11.7 Å². The molecule has 1 aliphatic carbocycles. The quantitative estimate of drug-likeness (QED) is 0.245. The van der Waals surface area contributed by atoms with E-state index in [0.717, 1.165) is 29.5 Å². The number of carbonyl (C=O) groups excluding carboxylic acids is 1. The zero-order chi connectivity index (χ0) is 30.6. The van der Waals surface area contributed by atoms with Gasteiger partial charge >= 0.3 is 5.97 Å². The van der Waals surface area contributed by atoms with Crippen molar-refractivity contribution >= 4 is 23.5 Å². The van der Waals surface area contributed by atoms with Gasteiger partial charge in [-0.3, -0.25) is 4.79 Å². The van der Waals surface area contributed by atoms with E-state index in [1.54, 1.807) is 4.90 Å². The van der Waals surface area contributed by atoms with E-state index in [2.05, 4.69) is 57.0 Å². The third-order valence-electron chi connectivity index (χ3n) is 8.65. The fourth-order valence-corrected chi connectivity index (χ4v) is 6.22. The van der Waals surface area contributed by atoms with Crippen LogP contribution in [0.3, 0.4) is 0 Å². The highest BCUT2D eigenvalue weighted by Crippen LogP contribution is 2.29. The molecule has 226 valence electrons. The molecule has 1 amide bonds. The number of aromatic nitrogens is 2. The molecule has 2 heterocycles. The van der Waals surface area contributed by atoms with Crippen molar-refractivity contribution in [3.05, 3.63) is 107 Å². The van der Waals surface area contributed by atoms with Crippen molar-refractivity contribution in [2.75, 3.05) is 23.3 Å². The summed E-state index contributed by atoms with van der Waals surface area (Å²) < 4.78 is 15.7. The van der Waals surface area contributed by atoms with Gasteiger partial charge in [0.05, 0.1) is 5.92 Å². The molecule has 4 aromatic rings. The number of hydrogen-bond donors (Lipinski definition) is 3. The first-order valence-corrected chi connectivity index (χ1v) is 15.1. The number of carboxylic acids is 1. The second-order valence-corrected chi connectivity index (χ2v) is 11.8. The Balaban J connectivity index is 1.08. The number of piperidine rings is 1. The van der Waals surface area contributed by atoms with Gasteiger partial charge in [-0.2, -0.15) is 4.39 Å². The molecule has 44 heavy (non-hydrogen) atoms. The van der Waals surface area contributed by atoms with Crippen LogP contribution in [0.5, 0.6) is 0 Å². The van der Waals surface area contributed by atoms with Crippen molar-refractivity contribution in [1.29, 1.82) is 0 Å². The Bertz CT molecular complexity index is 1620. The molecule has 0 bridgehead atoms. The summed E-state index contributed by atoms with van der Waals surface area (Å²) in [6.07, 6.45) is 4.33. The minimum absolute atomic E-state index is 0.0382. The summed E-state index contributed by atoms with van der Waals surface area (Å²) >= 11 is 0. The predicted octanol–water partition coefficient (Wildman–Crippen LogP) is 5.20. The van der Waals surface area contributed by atoms with Crippen molar-refractivity contribution in [3.63, 3.8) is 0 Å². The lowest BCUT2D eigenvalue weighted by atomic mass is 9.95. The highest BCUT2D eigenvalue weighted by molar-refractivity contribution is 5.85. The highest BCUT2D eigenvalue weighted by Gasteiger charge is 2.32. The predicted molar refractivity (Wildman–Crippen MR) is 168 cm³/mol. The molecule has 2 aliphatic rings. The van der Waals surface area contributed by atoms with Crippen LogP contribution in [-0.4, -0.2) is 52.1 Å². The van der Waals surface area contributed by atoms with Gasteiger partial charge in [0.1, 0.15) is 12.4 Å². The van der Waals surface area contributed by atoms with E-state index in [1.807, 2.05) is 43.3 Å². The van der Waals surface area contributed by atoms with Crippen molar-refractivity contribution in [3.8, 4) is 11.1 Å². The molecule has 1 saturated heterocycles. The molecular formula is C35H36FN5O3. The molecule has 0 saturated carbocycles. The van der Waals surface area contributed by atoms with Gasteiger partial charge in [-0.25, -0.2) is 14.8 Å². The molecule has 1 aromatic heterocycles. The standard InChI is InChI=1S/C35H36FN5O3/c1-22-8-12-24(13-9-22)25-14-10-23(11-15-25)17-30(35(43)44)40-34(42)28-7-4-16-41(20-28)33-31(36)32(37-21-38-33)39-29-18-26-5-2-3-6-27(26)19-29/h2-3,5-6,8-15,21,28-30H,4,7,16-20H2,1H3,(H,40,42)(H,43,44)(H,37,38,39)/t28?,30-/m0/s1. The van der Waals surface area contributed by atoms with Gasteiger partial charge < -0.3 is 20.6 Å². The van der Waals surface area contributed by atoms with Crippen molar-refractivity contribution in [2.45, 2.75) is 51.1 Å². The van der Waals surface area contributed by atoms with Gasteiger partial charge in [0, 0.05) is 25.6 Å². The number of hydrogen-bond acceptors (Lipinski definition) is 6. The number of fused-ring (bicyclic) bond motifs is 1. The number of amides is 1. The molecule has 2 atom stereocenters. The van der Waals surface area contributed by atoms with E-state index in [-0.39, 0.29) is 36.6 Å². The van der Waals surface area contributed by atoms with Gasteiger partial charge in [-0.15, -0.1) is 0 Å². The van der Waals surface area contributed by atoms with Crippen LogP contribution in [0.1, 0.15) is 35.1 Å². The molecule has 6 rings (SSSR count). The first-order valence-electron chi connectivity index (χ1n) is 15.1. The van der Waals surface area contributed by atoms with E-state index in [1.165, 1.54) is 23.0 Å². The SMILES string of the molecule is Cc1ccc(-c2ccc(C[C@H](NC(=O)C3CCCN(c4ncnc(NC5Cc6ccccc6C5)c4F)C3)C(=O)O)cc2)cc1. The molecule has 1 aliphatic heterocycles. The lowest BCUT2D eigenvalue weighted by Crippen LogP contribution is -2.49. The number of halogens is 1. The van der Waals surface area contributed by atoms with Gasteiger partial charge in [0.15, 0.2) is 11.6 Å². The number of aliphatic carboxylic acids is 1. The minimum atomic E-state index is -1.10. The van der Waals surface area contributed by atoms with Crippen LogP contribution in [0, 0.1) is 18.7 Å². The lowest BCUT2D eigenvalue weighted by Gasteiger charge is -2.33. The highest BCUT2D eigenvalue weighted by atomic mass is 19.1. The molecule has 1 unspecified atom stereocenters. The second-order valence-electron chi connectivity index (χ2n) is 11.8. The van der Waals surface area contributed by atoms with Crippen LogP contribution in [-0.2, 0) is 28.9 Å². The van der Waals surface area contributed by atoms with Crippen molar-refractivity contribution in [2.24, 2.45) is 5.92 Å². The summed E-state index contributed by atoms with van der Waals surface area (Å²) in [5, 5.41) is 15.9. The Labute approximate surface area is 256 Å². The number of carboxylic acid groups (broad SMARTS) is 1. The van der Waals surface area contributed by atoms with Crippen molar-refractivity contribution in [1.82, 2.24) is 15.3 Å². The summed E-state index contributed by atoms with van der Waals surface area (Å²) in [5.41, 5.74) is 6.62. The normalized spacial score (nSPS) is 17.1. The Kier molecular flexibility index (Phi) is 8.54. The zero-order valence-electron chi connectivity index (χ0n) is 24.7. The third-order valence-corrected chi connectivity index (χ3v) is 8.65. The summed E-state index contributed by atoms with van der Waals surface area (Å²) in [6.45, 7) is 2.82. The second kappa shape index (κ2) is 12.8. The van der Waals surface area contributed by atoms with Crippen LogP contribution in [0.4, 0.5) is 16.0 Å². The van der Waals surface area contributed by atoms with Crippen LogP contribution in [0.15, 0.2) is 79.1 Å². The summed E-state index contributed by atoms with van der Waals surface area (Å²) in [7, 11) is 0. The molecule has 0 radical (unpaired) electrons. The Morgan fingerprint density at radius 2 is 1.64 bits per heavy atom. The summed E-state index contributed by atoms with van der Waals surface area (Å²) in [5.74, 6) is -2.18. The van der Waals surface area contributed by atoms with E-state index >= 15 is 4.39 Å². The maximum Gasteiger partial charge on any atom is 0.326 e. The molecule has 3 N–H and O–H groups in total. The molecule has 3 aromatic carbocycles. The molecule has 0 spiro atoms. The number of benzene rings is 3. The largest absolute Gasteiger partial charge is 0.480 e. The Morgan fingerprint density at radius 3 is 2.30 bits per heavy atom. The van der Waals surface area contributed by atoms with Gasteiger partial charge in [0.25, 0.3) is 0 Å². The Morgan fingerprint density at radius 1 is 0.977 bits per heavy atom. The van der Waals surface area contributed by atoms with E-state index in [4.69, 9.17) is 0 Å². The monoisotopic (exact) mass is 593 g/mol. The maximum absolute atomic E-state index is 15.7. The number of rotatable bonds is 9. The van der Waals surface area contributed by atoms with Gasteiger partial charge in [-0.1, -0.05) is 78.4 Å². The average molecular weight is 594 g/mol. The van der Waals surface area contributed by atoms with Crippen molar-refractivity contribution < 1.29 is 19.1 Å². The van der Waals surface area contributed by atoms with Gasteiger partial charge in [-0.05, 0) is 60.4 Å². The van der Waals surface area contributed by atoms with E-state index in [0.29, 0.717) is 19.4 Å². The third kappa shape index (κ3) is 6.56. The van der Waals surface area contributed by atoms with Crippen LogP contribution >= 0.6 is 0 Å². The number of nitrogens with one attached hydrogen (secondary N) is 2. The summed E-state index contributed by atoms with van der Waals surface area (Å²) in [4.78, 5) is 35.6. The molecule has 8 nitrogen and oxygen atoms in total. The summed E-state index contributed by atoms with van der Waals surface area (Å²) in [6, 6.07) is 23.1. The van der Waals surface area contributed by atoms with E-state index < -0.39 is 23.7 Å². The number of anilines is 2. The molecular weight excluding hydrogens is 557 g/mol. The first-order chi connectivity index (χ1) is 21.3. The van der Waals surface area contributed by atoms with Crippen LogP contribution < -0.4 is 15.5 Å². The fraction of sp³-hybridized carbons (Fsp3) is 0.314. The maximum atomic E-state index is 15.7. The van der Waals surface area contributed by atoms with Crippen LogP contribution in [0.25, 0.3) is 11.1 Å². The van der Waals surface area contributed by atoms with Crippen LogP contribution in [0.2, 0.25) is 0 Å². The fourth-order valence-electron chi connectivity index (χ4n) is 6.22. The molecule has 1 fully saturated rings. The minimum Gasteiger partial charge on any atom is -0.480 e.